The molecule has 108 valence electrons. The van der Waals surface area contributed by atoms with E-state index in [1.165, 1.54) is 0 Å². The van der Waals surface area contributed by atoms with E-state index in [4.69, 9.17) is 12.2 Å². The first-order valence-corrected chi connectivity index (χ1v) is 8.17. The molecule has 1 heterocycles. The molecule has 2 N–H and O–H groups in total. The number of benzene rings is 1. The van der Waals surface area contributed by atoms with E-state index in [0.29, 0.717) is 17.7 Å². The fourth-order valence-corrected chi connectivity index (χ4v) is 2.81. The van der Waals surface area contributed by atoms with Crippen molar-refractivity contribution in [2.75, 3.05) is 0 Å². The molecule has 0 saturated carbocycles. The number of hydrogen-bond donors (Lipinski definition) is 2. The minimum Gasteiger partial charge on any atom is -0.354 e. The van der Waals surface area contributed by atoms with Gasteiger partial charge in [-0.25, -0.2) is 0 Å². The van der Waals surface area contributed by atoms with Crippen molar-refractivity contribution in [1.82, 2.24) is 14.9 Å². The van der Waals surface area contributed by atoms with Crippen LogP contribution in [0.25, 0.3) is 11.0 Å². The van der Waals surface area contributed by atoms with E-state index < -0.39 is 0 Å². The normalized spacial score (nSPS) is 12.6. The molecular formula is C14H18IN3OS. The first-order valence-electron chi connectivity index (χ1n) is 6.68. The molecule has 1 amide bonds. The van der Waals surface area contributed by atoms with E-state index in [9.17, 15) is 4.79 Å². The molecule has 2 aromatic rings. The van der Waals surface area contributed by atoms with E-state index in [2.05, 4.69) is 45.9 Å². The Morgan fingerprint density at radius 1 is 1.55 bits per heavy atom. The fourth-order valence-electron chi connectivity index (χ4n) is 2.02. The Bertz CT molecular complexity index is 677. The molecule has 20 heavy (non-hydrogen) atoms. The number of imidazole rings is 1. The van der Waals surface area contributed by atoms with Gasteiger partial charge in [-0.15, -0.1) is 0 Å². The summed E-state index contributed by atoms with van der Waals surface area (Å²) in [6.45, 7) is 4.67. The molecule has 1 aromatic carbocycles. The Labute approximate surface area is 137 Å². The van der Waals surface area contributed by atoms with Crippen LogP contribution in [0.15, 0.2) is 18.2 Å². The lowest BCUT2D eigenvalue weighted by Crippen LogP contribution is -2.32. The number of nitrogens with zero attached hydrogens (tertiary/aromatic N) is 1. The van der Waals surface area contributed by atoms with E-state index in [-0.39, 0.29) is 11.9 Å². The zero-order valence-electron chi connectivity index (χ0n) is 11.6. The lowest BCUT2D eigenvalue weighted by molar-refractivity contribution is -0.121. The number of nitrogens with one attached hydrogen (secondary N) is 2. The highest BCUT2D eigenvalue weighted by Crippen LogP contribution is 2.17. The van der Waals surface area contributed by atoms with Crippen molar-refractivity contribution >= 4 is 51.7 Å². The number of rotatable bonds is 5. The SMILES string of the molecule is CCC(C)NC(=O)CCn1c(=S)[nH]c2cc(I)ccc21. The summed E-state index contributed by atoms with van der Waals surface area (Å²) in [5.41, 5.74) is 2.07. The fraction of sp³-hybridized carbons (Fsp3) is 0.429. The highest BCUT2D eigenvalue weighted by atomic mass is 127. The van der Waals surface area contributed by atoms with Gasteiger partial charge in [-0.05, 0) is 66.4 Å². The Kier molecular flexibility index (Phi) is 5.20. The highest BCUT2D eigenvalue weighted by Gasteiger charge is 2.09. The van der Waals surface area contributed by atoms with Gasteiger partial charge in [-0.1, -0.05) is 6.92 Å². The van der Waals surface area contributed by atoms with E-state index in [1.807, 2.05) is 23.6 Å². The average Bonchev–Trinajstić information content (AvgIpc) is 2.70. The molecule has 0 bridgehead atoms. The summed E-state index contributed by atoms with van der Waals surface area (Å²) in [7, 11) is 0. The van der Waals surface area contributed by atoms with Gasteiger partial charge in [0, 0.05) is 22.6 Å². The van der Waals surface area contributed by atoms with Crippen LogP contribution in [-0.2, 0) is 11.3 Å². The molecule has 0 aliphatic carbocycles. The summed E-state index contributed by atoms with van der Waals surface area (Å²) >= 11 is 7.60. The van der Waals surface area contributed by atoms with Crippen LogP contribution in [0.1, 0.15) is 26.7 Å². The van der Waals surface area contributed by atoms with Gasteiger partial charge in [-0.2, -0.15) is 0 Å². The average molecular weight is 403 g/mol. The van der Waals surface area contributed by atoms with Crippen LogP contribution in [0.3, 0.4) is 0 Å². The number of aromatic amines is 1. The maximum absolute atomic E-state index is 11.8. The molecular weight excluding hydrogens is 385 g/mol. The van der Waals surface area contributed by atoms with Gasteiger partial charge in [0.25, 0.3) is 0 Å². The van der Waals surface area contributed by atoms with Gasteiger partial charge >= 0.3 is 0 Å². The molecule has 0 aliphatic heterocycles. The lowest BCUT2D eigenvalue weighted by Gasteiger charge is -2.11. The minimum absolute atomic E-state index is 0.0705. The van der Waals surface area contributed by atoms with Gasteiger partial charge in [-0.3, -0.25) is 4.79 Å². The van der Waals surface area contributed by atoms with Crippen molar-refractivity contribution in [3.8, 4) is 0 Å². The number of carbonyl (C=O) groups is 1. The lowest BCUT2D eigenvalue weighted by atomic mass is 10.2. The number of halogens is 1. The second-order valence-corrected chi connectivity index (χ2v) is 6.50. The monoisotopic (exact) mass is 403 g/mol. The van der Waals surface area contributed by atoms with Crippen molar-refractivity contribution in [2.24, 2.45) is 0 Å². The quantitative estimate of drug-likeness (QED) is 0.592. The van der Waals surface area contributed by atoms with Gasteiger partial charge in [0.1, 0.15) is 0 Å². The summed E-state index contributed by atoms with van der Waals surface area (Å²) in [5, 5.41) is 2.97. The van der Waals surface area contributed by atoms with Crippen molar-refractivity contribution in [1.29, 1.82) is 0 Å². The van der Waals surface area contributed by atoms with Crippen LogP contribution in [0.5, 0.6) is 0 Å². The number of hydrogen-bond acceptors (Lipinski definition) is 2. The van der Waals surface area contributed by atoms with E-state index >= 15 is 0 Å². The number of fused-ring (bicyclic) bond motifs is 1. The molecule has 2 rings (SSSR count). The van der Waals surface area contributed by atoms with Gasteiger partial charge in [0.2, 0.25) is 5.91 Å². The maximum Gasteiger partial charge on any atom is 0.222 e. The van der Waals surface area contributed by atoms with E-state index in [1.54, 1.807) is 0 Å². The van der Waals surface area contributed by atoms with Gasteiger partial charge < -0.3 is 14.9 Å². The summed E-state index contributed by atoms with van der Waals surface area (Å²) in [6, 6.07) is 6.36. The van der Waals surface area contributed by atoms with Gasteiger partial charge in [0.05, 0.1) is 11.0 Å². The maximum atomic E-state index is 11.8. The number of H-pyrrole nitrogens is 1. The number of aryl methyl sites for hydroxylation is 1. The summed E-state index contributed by atoms with van der Waals surface area (Å²) in [5.74, 6) is 0.0705. The van der Waals surface area contributed by atoms with Crippen LogP contribution in [0, 0.1) is 8.34 Å². The number of aromatic nitrogens is 2. The number of amides is 1. The summed E-state index contributed by atoms with van der Waals surface area (Å²) in [6.07, 6.45) is 1.38. The van der Waals surface area contributed by atoms with Crippen molar-refractivity contribution < 1.29 is 4.79 Å². The molecule has 0 radical (unpaired) electrons. The minimum atomic E-state index is 0.0705. The summed E-state index contributed by atoms with van der Waals surface area (Å²) < 4.78 is 3.81. The van der Waals surface area contributed by atoms with Crippen molar-refractivity contribution in [3.05, 3.63) is 26.5 Å². The first kappa shape index (κ1) is 15.5. The molecule has 0 fully saturated rings. The third kappa shape index (κ3) is 3.60. The number of carbonyl (C=O) groups excluding carboxylic acids is 1. The Hall–Kier alpha value is -0.890. The second-order valence-electron chi connectivity index (χ2n) is 4.87. The molecule has 1 unspecified atom stereocenters. The molecule has 0 aliphatic rings. The van der Waals surface area contributed by atoms with Crippen LogP contribution in [-0.4, -0.2) is 21.5 Å². The van der Waals surface area contributed by atoms with Crippen molar-refractivity contribution in [2.45, 2.75) is 39.3 Å². The third-order valence-corrected chi connectivity index (χ3v) is 4.31. The molecule has 6 heteroatoms. The Morgan fingerprint density at radius 2 is 2.30 bits per heavy atom. The Morgan fingerprint density at radius 3 is 3.00 bits per heavy atom. The zero-order chi connectivity index (χ0) is 14.7. The van der Waals surface area contributed by atoms with Crippen molar-refractivity contribution in [3.63, 3.8) is 0 Å². The molecule has 0 spiro atoms. The van der Waals surface area contributed by atoms with Gasteiger partial charge in [0.15, 0.2) is 4.77 Å². The van der Waals surface area contributed by atoms with Crippen LogP contribution in [0.4, 0.5) is 0 Å². The predicted octanol–water partition coefficient (Wildman–Crippen LogP) is 3.61. The first-order chi connectivity index (χ1) is 9.51. The molecule has 0 saturated heterocycles. The largest absolute Gasteiger partial charge is 0.354 e. The highest BCUT2D eigenvalue weighted by molar-refractivity contribution is 14.1. The van der Waals surface area contributed by atoms with Crippen LogP contribution < -0.4 is 5.32 Å². The smallest absolute Gasteiger partial charge is 0.222 e. The molecule has 4 nitrogen and oxygen atoms in total. The summed E-state index contributed by atoms with van der Waals surface area (Å²) in [4.78, 5) is 15.0. The predicted molar refractivity (Wildman–Crippen MR) is 92.4 cm³/mol. The molecule has 1 atom stereocenters. The Balaban J connectivity index is 2.12. The standard InChI is InChI=1S/C14H18IN3OS/c1-3-9(2)16-13(19)6-7-18-12-5-4-10(15)8-11(12)17-14(18)20/h4-5,8-9H,3,6-7H2,1-2H3,(H,16,19)(H,17,20). The van der Waals surface area contributed by atoms with E-state index in [0.717, 1.165) is 21.0 Å². The zero-order valence-corrected chi connectivity index (χ0v) is 14.5. The van der Waals surface area contributed by atoms with Crippen LogP contribution in [0.2, 0.25) is 0 Å². The second kappa shape index (κ2) is 6.71. The topological polar surface area (TPSA) is 49.8 Å². The molecule has 1 aromatic heterocycles. The third-order valence-electron chi connectivity index (χ3n) is 3.32. The van der Waals surface area contributed by atoms with Crippen LogP contribution >= 0.6 is 34.8 Å².